The topological polar surface area (TPSA) is 80.2 Å². The number of hydrogen-bond acceptors (Lipinski definition) is 6. The van der Waals surface area contributed by atoms with E-state index >= 15 is 0 Å². The normalized spacial score (nSPS) is 14.5. The van der Waals surface area contributed by atoms with Gasteiger partial charge < -0.3 is 10.4 Å². The SMILES string of the molecule is Cc1cc(NC(=O)C(c2ccccc2)N2C=NNN2CCCCCC(F)F)c(C)c(C)c1O. The highest BCUT2D eigenvalue weighted by Gasteiger charge is 2.33. The van der Waals surface area contributed by atoms with E-state index in [1.807, 2.05) is 44.2 Å². The first-order chi connectivity index (χ1) is 15.8. The Morgan fingerprint density at radius 2 is 1.85 bits per heavy atom. The lowest BCUT2D eigenvalue weighted by Crippen LogP contribution is -2.48. The van der Waals surface area contributed by atoms with Crippen LogP contribution in [0.15, 0.2) is 41.5 Å². The Kier molecular flexibility index (Phi) is 8.21. The van der Waals surface area contributed by atoms with E-state index in [-0.39, 0.29) is 18.1 Å². The second kappa shape index (κ2) is 11.1. The molecule has 0 bridgehead atoms. The van der Waals surface area contributed by atoms with Gasteiger partial charge in [-0.25, -0.2) is 14.3 Å². The molecule has 1 atom stereocenters. The van der Waals surface area contributed by atoms with Crippen LogP contribution in [0.25, 0.3) is 0 Å². The van der Waals surface area contributed by atoms with Gasteiger partial charge in [0.1, 0.15) is 12.1 Å². The van der Waals surface area contributed by atoms with E-state index in [2.05, 4.69) is 16.0 Å². The molecule has 7 nitrogen and oxygen atoms in total. The molecule has 2 aromatic carbocycles. The number of alkyl halides is 2. The lowest BCUT2D eigenvalue weighted by Gasteiger charge is -2.33. The second-order valence-electron chi connectivity index (χ2n) is 8.23. The first-order valence-electron chi connectivity index (χ1n) is 11.1. The van der Waals surface area contributed by atoms with Crippen LogP contribution in [-0.2, 0) is 4.79 Å². The molecule has 3 N–H and O–H groups in total. The Morgan fingerprint density at radius 3 is 2.55 bits per heavy atom. The predicted octanol–water partition coefficient (Wildman–Crippen LogP) is 4.80. The minimum atomic E-state index is -2.28. The highest BCUT2D eigenvalue weighted by molar-refractivity contribution is 5.97. The molecule has 1 amide bonds. The molecule has 1 aliphatic rings. The number of benzene rings is 2. The van der Waals surface area contributed by atoms with Gasteiger partial charge in [-0.3, -0.25) is 9.80 Å². The fourth-order valence-corrected chi connectivity index (χ4v) is 3.83. The van der Waals surface area contributed by atoms with Crippen LogP contribution in [0.1, 0.15) is 54.0 Å². The quantitative estimate of drug-likeness (QED) is 0.351. The Bertz CT molecular complexity index is 985. The summed E-state index contributed by atoms with van der Waals surface area (Å²) < 4.78 is 24.8. The van der Waals surface area contributed by atoms with E-state index in [1.54, 1.807) is 29.5 Å². The zero-order chi connectivity index (χ0) is 24.0. The highest BCUT2D eigenvalue weighted by atomic mass is 19.3. The standard InChI is InChI=1S/C24H31F2N5O2/c1-16-14-20(17(2)18(3)23(16)32)28-24(33)22(19-10-6-4-7-11-19)30-15-27-29-31(30)13-9-5-8-12-21(25)26/h4,6-7,10-11,14-15,21-22,29,32H,5,8-9,12-13H2,1-3H3,(H,28,33). The van der Waals surface area contributed by atoms with Crippen molar-refractivity contribution in [3.8, 4) is 5.75 Å². The fraction of sp³-hybridized carbons (Fsp3) is 0.417. The largest absolute Gasteiger partial charge is 0.507 e. The number of aryl methyl sites for hydroxylation is 1. The third kappa shape index (κ3) is 5.98. The van der Waals surface area contributed by atoms with Crippen LogP contribution >= 0.6 is 0 Å². The molecule has 2 aromatic rings. The third-order valence-corrected chi connectivity index (χ3v) is 5.86. The summed E-state index contributed by atoms with van der Waals surface area (Å²) in [5.41, 5.74) is 6.48. The number of nitrogens with zero attached hydrogens (tertiary/aromatic N) is 3. The summed E-state index contributed by atoms with van der Waals surface area (Å²) in [7, 11) is 0. The van der Waals surface area contributed by atoms with Gasteiger partial charge in [-0.05, 0) is 61.9 Å². The maximum absolute atomic E-state index is 13.5. The predicted molar refractivity (Wildman–Crippen MR) is 125 cm³/mol. The van der Waals surface area contributed by atoms with Crippen molar-refractivity contribution < 1.29 is 18.7 Å². The molecule has 0 saturated heterocycles. The van der Waals surface area contributed by atoms with Gasteiger partial charge >= 0.3 is 0 Å². The van der Waals surface area contributed by atoms with Gasteiger partial charge in [0.2, 0.25) is 6.43 Å². The summed E-state index contributed by atoms with van der Waals surface area (Å²) in [4.78, 5) is 13.5. The molecule has 0 fully saturated rings. The van der Waals surface area contributed by atoms with Crippen molar-refractivity contribution >= 4 is 17.9 Å². The van der Waals surface area contributed by atoms with Crippen molar-refractivity contribution in [2.24, 2.45) is 5.10 Å². The summed E-state index contributed by atoms with van der Waals surface area (Å²) in [6.07, 6.45) is 0.955. The number of hydrazine groups is 2. The summed E-state index contributed by atoms with van der Waals surface area (Å²) in [6.45, 7) is 5.97. The smallest absolute Gasteiger partial charge is 0.253 e. The van der Waals surface area contributed by atoms with E-state index in [9.17, 15) is 18.7 Å². The van der Waals surface area contributed by atoms with Crippen molar-refractivity contribution in [2.45, 2.75) is 58.9 Å². The molecule has 33 heavy (non-hydrogen) atoms. The van der Waals surface area contributed by atoms with Crippen molar-refractivity contribution in [3.63, 3.8) is 0 Å². The van der Waals surface area contributed by atoms with Crippen molar-refractivity contribution in [1.29, 1.82) is 0 Å². The van der Waals surface area contributed by atoms with Gasteiger partial charge in [-0.2, -0.15) is 5.10 Å². The number of anilines is 1. The molecule has 1 heterocycles. The number of rotatable bonds is 10. The van der Waals surface area contributed by atoms with E-state index in [4.69, 9.17) is 0 Å². The molecule has 0 aromatic heterocycles. The maximum Gasteiger partial charge on any atom is 0.253 e. The average Bonchev–Trinajstić information content (AvgIpc) is 3.24. The Hall–Kier alpha value is -3.20. The minimum absolute atomic E-state index is 0.104. The number of phenols is 1. The van der Waals surface area contributed by atoms with E-state index in [1.165, 1.54) is 0 Å². The lowest BCUT2D eigenvalue weighted by molar-refractivity contribution is -0.126. The van der Waals surface area contributed by atoms with Crippen LogP contribution < -0.4 is 10.9 Å². The van der Waals surface area contributed by atoms with Gasteiger partial charge in [-0.15, -0.1) is 5.12 Å². The number of carbonyl (C=O) groups is 1. The van der Waals surface area contributed by atoms with Crippen LogP contribution in [0.4, 0.5) is 14.5 Å². The van der Waals surface area contributed by atoms with Crippen LogP contribution in [0, 0.1) is 20.8 Å². The monoisotopic (exact) mass is 459 g/mol. The Labute approximate surface area is 193 Å². The second-order valence-corrected chi connectivity index (χ2v) is 8.23. The summed E-state index contributed by atoms with van der Waals surface area (Å²) in [5, 5.41) is 20.8. The molecular formula is C24H31F2N5O2. The van der Waals surface area contributed by atoms with Gasteiger partial charge in [-0.1, -0.05) is 36.8 Å². The van der Waals surface area contributed by atoms with E-state index in [0.29, 0.717) is 37.1 Å². The number of hydrazone groups is 1. The molecular weight excluding hydrogens is 428 g/mol. The number of amides is 1. The Morgan fingerprint density at radius 1 is 1.12 bits per heavy atom. The number of carbonyl (C=O) groups excluding carboxylic acids is 1. The first-order valence-corrected chi connectivity index (χ1v) is 11.1. The number of unbranched alkanes of at least 4 members (excludes halogenated alkanes) is 2. The number of nitrogens with one attached hydrogen (secondary N) is 2. The van der Waals surface area contributed by atoms with Crippen LogP contribution in [0.5, 0.6) is 5.75 Å². The number of halogens is 2. The van der Waals surface area contributed by atoms with Gasteiger partial charge in [0, 0.05) is 18.7 Å². The molecule has 3 rings (SSSR count). The molecule has 0 spiro atoms. The molecule has 1 unspecified atom stereocenters. The summed E-state index contributed by atoms with van der Waals surface area (Å²) >= 11 is 0. The van der Waals surface area contributed by atoms with Crippen LogP contribution in [-0.4, -0.2) is 40.4 Å². The van der Waals surface area contributed by atoms with E-state index in [0.717, 1.165) is 16.7 Å². The van der Waals surface area contributed by atoms with Gasteiger partial charge in [0.25, 0.3) is 5.91 Å². The molecule has 0 radical (unpaired) electrons. The molecule has 9 heteroatoms. The number of phenolic OH excluding ortho intramolecular Hbond substituents is 1. The highest BCUT2D eigenvalue weighted by Crippen LogP contribution is 2.32. The van der Waals surface area contributed by atoms with Gasteiger partial charge in [0.05, 0.1) is 0 Å². The minimum Gasteiger partial charge on any atom is -0.507 e. The summed E-state index contributed by atoms with van der Waals surface area (Å²) in [5.74, 6) is -0.0364. The lowest BCUT2D eigenvalue weighted by atomic mass is 10.0. The first kappa shape index (κ1) is 24.4. The average molecular weight is 460 g/mol. The van der Waals surface area contributed by atoms with Crippen molar-refractivity contribution in [2.75, 3.05) is 11.9 Å². The molecule has 178 valence electrons. The fourth-order valence-electron chi connectivity index (χ4n) is 3.83. The number of aromatic hydroxyl groups is 1. The molecule has 0 saturated carbocycles. The zero-order valence-corrected chi connectivity index (χ0v) is 19.2. The third-order valence-electron chi connectivity index (χ3n) is 5.86. The zero-order valence-electron chi connectivity index (χ0n) is 19.2. The van der Waals surface area contributed by atoms with Crippen molar-refractivity contribution in [1.82, 2.24) is 15.7 Å². The maximum atomic E-state index is 13.5. The van der Waals surface area contributed by atoms with Gasteiger partial charge in [0.15, 0.2) is 6.04 Å². The Balaban J connectivity index is 1.79. The molecule has 1 aliphatic heterocycles. The van der Waals surface area contributed by atoms with Crippen LogP contribution in [0.3, 0.4) is 0 Å². The van der Waals surface area contributed by atoms with Crippen LogP contribution in [0.2, 0.25) is 0 Å². The summed E-state index contributed by atoms with van der Waals surface area (Å²) in [6, 6.07) is 10.4. The number of hydrogen-bond donors (Lipinski definition) is 3. The molecule has 0 aliphatic carbocycles. The van der Waals surface area contributed by atoms with E-state index < -0.39 is 12.5 Å². The van der Waals surface area contributed by atoms with Crippen molar-refractivity contribution in [3.05, 3.63) is 58.7 Å².